The van der Waals surface area contributed by atoms with Crippen LogP contribution < -0.4 is 16.0 Å². The predicted molar refractivity (Wildman–Crippen MR) is 231 cm³/mol. The maximum absolute atomic E-state index is 11.7. The van der Waals surface area contributed by atoms with E-state index in [2.05, 4.69) is 98.4 Å². The number of sulfone groups is 3. The van der Waals surface area contributed by atoms with Gasteiger partial charge in [-0.3, -0.25) is 14.7 Å². The van der Waals surface area contributed by atoms with E-state index in [0.717, 1.165) is 45.9 Å². The first-order chi connectivity index (χ1) is 25.6. The van der Waals surface area contributed by atoms with Gasteiger partial charge in [0.05, 0.1) is 54.3 Å². The molecule has 6 atom stereocenters. The molecule has 20 heteroatoms. The number of nitrogens with one attached hydrogen (secondary N) is 3. The van der Waals surface area contributed by atoms with Crippen molar-refractivity contribution in [1.29, 1.82) is 0 Å². The van der Waals surface area contributed by atoms with Crippen LogP contribution in [0.5, 0.6) is 0 Å². The largest absolute Gasteiger partial charge is 0.415 e. The van der Waals surface area contributed by atoms with E-state index in [1.807, 2.05) is 0 Å². The number of hydrogen-bond acceptors (Lipinski definition) is 15. The van der Waals surface area contributed by atoms with Gasteiger partial charge in [-0.05, 0) is 36.3 Å². The second-order valence-electron chi connectivity index (χ2n) is 19.9. The number of nitrogens with zero attached hydrogens (tertiary/aromatic N) is 3. The van der Waals surface area contributed by atoms with Crippen molar-refractivity contribution in [2.45, 2.75) is 114 Å². The van der Waals surface area contributed by atoms with Crippen molar-refractivity contribution in [3.05, 3.63) is 0 Å². The number of aliphatic hydroxyl groups excluding tert-OH is 1. The normalized spacial score (nSPS) is 32.6. The first kappa shape index (κ1) is 48.6. The van der Waals surface area contributed by atoms with Crippen LogP contribution in [0.2, 0.25) is 36.3 Å². The Morgan fingerprint density at radius 1 is 0.554 bits per heavy atom. The SMILES string of the molecule is CC(C)(C)[Si](C)(C)OC[C@@H]1CN2CCS(=O)(=O)CC2CN1.CC(C)(C)[Si](C)(C)OC[C@@H]1CN2CCS(=O)(=O)CC2CN1.O=S1(=O)CCN2C[C@@H](CO)NCC2C1. The summed E-state index contributed by atoms with van der Waals surface area (Å²) in [5.41, 5.74) is 0. The second kappa shape index (κ2) is 18.9. The van der Waals surface area contributed by atoms with Crippen molar-refractivity contribution in [3.8, 4) is 0 Å². The smallest absolute Gasteiger partial charge is 0.192 e. The van der Waals surface area contributed by atoms with Crippen LogP contribution in [-0.2, 0) is 38.4 Å². The average Bonchev–Trinajstić information content (AvgIpc) is 3.08. The maximum atomic E-state index is 11.7. The zero-order valence-corrected chi connectivity index (χ0v) is 40.4. The summed E-state index contributed by atoms with van der Waals surface area (Å²) in [6.45, 7) is 30.8. The van der Waals surface area contributed by atoms with E-state index < -0.39 is 46.1 Å². The summed E-state index contributed by atoms with van der Waals surface area (Å²) in [6, 6.07) is 1.14. The highest BCUT2D eigenvalue weighted by Gasteiger charge is 2.42. The van der Waals surface area contributed by atoms with Crippen LogP contribution in [-0.4, -0.2) is 211 Å². The molecular formula is C36H76N6O9S3Si2. The maximum Gasteiger partial charge on any atom is 0.192 e. The third-order valence-corrected chi connectivity index (χ3v) is 27.5. The lowest BCUT2D eigenvalue weighted by Crippen LogP contribution is -2.63. The lowest BCUT2D eigenvalue weighted by atomic mass is 10.1. The Bertz CT molecular complexity index is 1540. The van der Waals surface area contributed by atoms with Gasteiger partial charge in [0.15, 0.2) is 46.1 Å². The molecule has 0 radical (unpaired) electrons. The zero-order valence-electron chi connectivity index (χ0n) is 36.0. The molecular weight excluding hydrogens is 813 g/mol. The number of rotatable bonds is 7. The van der Waals surface area contributed by atoms with Gasteiger partial charge in [-0.2, -0.15) is 0 Å². The summed E-state index contributed by atoms with van der Waals surface area (Å²) < 4.78 is 82.0. The fraction of sp³-hybridized carbons (Fsp3) is 1.00. The first-order valence-electron chi connectivity index (χ1n) is 20.5. The lowest BCUT2D eigenvalue weighted by Gasteiger charge is -2.44. The van der Waals surface area contributed by atoms with Crippen molar-refractivity contribution >= 4 is 46.1 Å². The molecule has 6 rings (SSSR count). The van der Waals surface area contributed by atoms with Crippen LogP contribution in [0.15, 0.2) is 0 Å². The van der Waals surface area contributed by atoms with E-state index in [1.54, 1.807) is 0 Å². The Labute approximate surface area is 341 Å². The Hall–Kier alpha value is -0.0762. The summed E-state index contributed by atoms with van der Waals surface area (Å²) in [5.74, 6) is 1.74. The Balaban J connectivity index is 0.000000190. The summed E-state index contributed by atoms with van der Waals surface area (Å²) in [6.07, 6.45) is 0. The molecule has 0 aromatic carbocycles. The topological polar surface area (TPSA) is 187 Å². The Morgan fingerprint density at radius 2 is 0.839 bits per heavy atom. The highest BCUT2D eigenvalue weighted by Crippen LogP contribution is 2.37. The Morgan fingerprint density at radius 3 is 1.12 bits per heavy atom. The van der Waals surface area contributed by atoms with Gasteiger partial charge in [0.1, 0.15) is 0 Å². The number of fused-ring (bicyclic) bond motifs is 3. The van der Waals surface area contributed by atoms with Gasteiger partial charge in [-0.1, -0.05) is 41.5 Å². The van der Waals surface area contributed by atoms with Gasteiger partial charge in [0.25, 0.3) is 0 Å². The number of aliphatic hydroxyl groups is 1. The van der Waals surface area contributed by atoms with Gasteiger partial charge in [0.2, 0.25) is 0 Å². The molecule has 0 aliphatic carbocycles. The molecule has 6 saturated heterocycles. The van der Waals surface area contributed by atoms with Crippen molar-refractivity contribution in [2.24, 2.45) is 0 Å². The standard InChI is InChI=1S/2C14H30N2O3SSi.C8H16N2O3S/c2*1-14(2,3)21(4,5)19-10-12-9-16-6-7-20(17,18)11-13(16)8-15-12;11-5-7-4-10-1-2-14(12,13)6-8(10)3-9-7/h2*12-13,15H,6-11H2,1-5H3;7-9,11H,1-6H2/t2*12-,13?;7-,8?/m000/s1. The van der Waals surface area contributed by atoms with E-state index in [-0.39, 0.29) is 52.4 Å². The van der Waals surface area contributed by atoms with Crippen molar-refractivity contribution in [2.75, 3.05) is 113 Å². The van der Waals surface area contributed by atoms with E-state index in [9.17, 15) is 25.3 Å². The summed E-state index contributed by atoms with van der Waals surface area (Å²) in [7, 11) is -11.9. The average molecular weight is 889 g/mol. The van der Waals surface area contributed by atoms with Crippen LogP contribution >= 0.6 is 0 Å². The molecule has 0 amide bonds. The van der Waals surface area contributed by atoms with Crippen LogP contribution in [0.3, 0.4) is 0 Å². The number of hydrogen-bond donors (Lipinski definition) is 4. The molecule has 0 aromatic rings. The molecule has 6 aliphatic heterocycles. The van der Waals surface area contributed by atoms with Gasteiger partial charge in [-0.15, -0.1) is 0 Å². The van der Waals surface area contributed by atoms with Crippen LogP contribution in [0.1, 0.15) is 41.5 Å². The fourth-order valence-corrected chi connectivity index (χ4v) is 14.3. The molecule has 0 saturated carbocycles. The van der Waals surface area contributed by atoms with Crippen LogP contribution in [0.4, 0.5) is 0 Å². The van der Waals surface area contributed by atoms with E-state index in [1.165, 1.54) is 0 Å². The van der Waals surface area contributed by atoms with E-state index in [4.69, 9.17) is 14.0 Å². The zero-order chi connectivity index (χ0) is 42.0. The molecule has 6 fully saturated rings. The Kier molecular flexibility index (Phi) is 16.4. The molecule has 6 heterocycles. The highest BCUT2D eigenvalue weighted by molar-refractivity contribution is 7.92. The van der Waals surface area contributed by atoms with Gasteiger partial charge < -0.3 is 29.9 Å². The molecule has 4 N–H and O–H groups in total. The summed E-state index contributed by atoms with van der Waals surface area (Å²) in [5, 5.41) is 19.5. The van der Waals surface area contributed by atoms with Crippen molar-refractivity contribution < 1.29 is 39.2 Å². The minimum Gasteiger partial charge on any atom is -0.415 e. The minimum absolute atomic E-state index is 0.104. The molecule has 0 bridgehead atoms. The lowest BCUT2D eigenvalue weighted by molar-refractivity contribution is 0.111. The third kappa shape index (κ3) is 14.0. The molecule has 0 spiro atoms. The van der Waals surface area contributed by atoms with Crippen molar-refractivity contribution in [3.63, 3.8) is 0 Å². The molecule has 0 aromatic heterocycles. The highest BCUT2D eigenvalue weighted by atomic mass is 32.2. The van der Waals surface area contributed by atoms with Gasteiger partial charge in [-0.25, -0.2) is 25.3 Å². The fourth-order valence-electron chi connectivity index (χ4n) is 7.39. The van der Waals surface area contributed by atoms with Crippen LogP contribution in [0.25, 0.3) is 0 Å². The molecule has 6 aliphatic rings. The quantitative estimate of drug-likeness (QED) is 0.254. The van der Waals surface area contributed by atoms with Crippen LogP contribution in [0, 0.1) is 0 Å². The monoisotopic (exact) mass is 888 g/mol. The summed E-state index contributed by atoms with van der Waals surface area (Å²) in [4.78, 5) is 6.80. The molecule has 15 nitrogen and oxygen atoms in total. The predicted octanol–water partition coefficient (Wildman–Crippen LogP) is 0.208. The molecule has 56 heavy (non-hydrogen) atoms. The minimum atomic E-state index is -2.83. The molecule has 3 unspecified atom stereocenters. The van der Waals surface area contributed by atoms with E-state index in [0.29, 0.717) is 61.3 Å². The molecule has 330 valence electrons. The first-order valence-corrected chi connectivity index (χ1v) is 31.8. The van der Waals surface area contributed by atoms with Crippen molar-refractivity contribution in [1.82, 2.24) is 30.7 Å². The summed E-state index contributed by atoms with van der Waals surface area (Å²) >= 11 is 0. The van der Waals surface area contributed by atoms with Gasteiger partial charge >= 0.3 is 0 Å². The van der Waals surface area contributed by atoms with Gasteiger partial charge in [0, 0.05) is 95.2 Å². The number of piperazine rings is 3. The second-order valence-corrected chi connectivity index (χ2v) is 36.2. The van der Waals surface area contributed by atoms with E-state index >= 15 is 0 Å². The third-order valence-electron chi connectivity index (χ3n) is 13.4.